The van der Waals surface area contributed by atoms with Crippen LogP contribution in [0.5, 0.6) is 0 Å². The van der Waals surface area contributed by atoms with Gasteiger partial charge in [0.1, 0.15) is 0 Å². The number of hydrogen-bond donors (Lipinski definition) is 2. The summed E-state index contributed by atoms with van der Waals surface area (Å²) in [7, 11) is 0. The second kappa shape index (κ2) is 2.02. The standard InChI is InChI=1S/C2H2N4O2S/c7-2(8)1-3-5-6(9)4-1/h9H,(H,7,8). The van der Waals surface area contributed by atoms with Crippen molar-refractivity contribution in [1.29, 1.82) is 0 Å². The smallest absolute Gasteiger partial charge is 0.377 e. The number of carbonyl (C=O) groups is 1. The predicted octanol–water partition coefficient (Wildman–Crippen LogP) is -0.936. The molecule has 0 aliphatic rings. The maximum atomic E-state index is 10.0. The Kier molecular flexibility index (Phi) is 1.35. The van der Waals surface area contributed by atoms with Crippen LogP contribution in [0.2, 0.25) is 0 Å². The molecule has 0 aliphatic carbocycles. The van der Waals surface area contributed by atoms with Crippen molar-refractivity contribution in [1.82, 2.24) is 19.6 Å². The molecule has 0 radical (unpaired) electrons. The molecule has 0 amide bonds. The summed E-state index contributed by atoms with van der Waals surface area (Å²) in [6, 6.07) is 0. The summed E-state index contributed by atoms with van der Waals surface area (Å²) in [5.74, 6) is -1.57. The van der Waals surface area contributed by atoms with Crippen LogP contribution in [0.15, 0.2) is 0 Å². The second-order valence-corrected chi connectivity index (χ2v) is 1.54. The minimum Gasteiger partial charge on any atom is -0.475 e. The Morgan fingerprint density at radius 1 is 1.78 bits per heavy atom. The van der Waals surface area contributed by atoms with Crippen molar-refractivity contribution < 1.29 is 9.90 Å². The van der Waals surface area contributed by atoms with E-state index in [0.29, 0.717) is 0 Å². The molecule has 0 saturated carbocycles. The van der Waals surface area contributed by atoms with Gasteiger partial charge >= 0.3 is 5.97 Å². The summed E-state index contributed by atoms with van der Waals surface area (Å²) >= 11 is 3.57. The lowest BCUT2D eigenvalue weighted by molar-refractivity contribution is 0.0683. The van der Waals surface area contributed by atoms with E-state index >= 15 is 0 Å². The molecule has 7 heteroatoms. The van der Waals surface area contributed by atoms with Crippen LogP contribution in [0, 0.1) is 0 Å². The van der Waals surface area contributed by atoms with E-state index in [-0.39, 0.29) is 5.82 Å². The van der Waals surface area contributed by atoms with Crippen LogP contribution < -0.4 is 0 Å². The molecule has 0 spiro atoms. The van der Waals surface area contributed by atoms with Gasteiger partial charge in [-0.3, -0.25) is 0 Å². The highest BCUT2D eigenvalue weighted by atomic mass is 32.1. The normalized spacial score (nSPS) is 9.44. The largest absolute Gasteiger partial charge is 0.475 e. The van der Waals surface area contributed by atoms with Crippen LogP contribution in [0.4, 0.5) is 0 Å². The predicted molar refractivity (Wildman–Crippen MR) is 29.2 cm³/mol. The quantitative estimate of drug-likeness (QED) is 0.500. The highest BCUT2D eigenvalue weighted by Crippen LogP contribution is 1.84. The zero-order chi connectivity index (χ0) is 6.85. The SMILES string of the molecule is O=C(O)c1nnn(S)n1. The first-order valence-electron chi connectivity index (χ1n) is 1.92. The summed E-state index contributed by atoms with van der Waals surface area (Å²) < 4.78 is 0.781. The van der Waals surface area contributed by atoms with Crippen molar-refractivity contribution in [3.63, 3.8) is 0 Å². The fourth-order valence-corrected chi connectivity index (χ4v) is 0.417. The summed E-state index contributed by atoms with van der Waals surface area (Å²) in [5.41, 5.74) is 0. The molecule has 0 aliphatic heterocycles. The van der Waals surface area contributed by atoms with E-state index in [1.807, 2.05) is 0 Å². The number of rotatable bonds is 1. The minimum absolute atomic E-state index is 0.356. The molecule has 1 N–H and O–H groups in total. The van der Waals surface area contributed by atoms with Crippen molar-refractivity contribution in [2.24, 2.45) is 0 Å². The van der Waals surface area contributed by atoms with E-state index in [9.17, 15) is 4.79 Å². The van der Waals surface area contributed by atoms with Crippen molar-refractivity contribution in [3.05, 3.63) is 5.82 Å². The Bertz CT molecular complexity index is 232. The van der Waals surface area contributed by atoms with E-state index in [1.54, 1.807) is 0 Å². The monoisotopic (exact) mass is 146 g/mol. The van der Waals surface area contributed by atoms with Crippen molar-refractivity contribution in [2.45, 2.75) is 0 Å². The second-order valence-electron chi connectivity index (χ2n) is 1.19. The number of thiol groups is 1. The first kappa shape index (κ1) is 6.02. The van der Waals surface area contributed by atoms with E-state index < -0.39 is 5.97 Å². The molecule has 0 bridgehead atoms. The van der Waals surface area contributed by atoms with Crippen LogP contribution in [-0.2, 0) is 0 Å². The fraction of sp³-hybridized carbons (Fsp3) is 0. The van der Waals surface area contributed by atoms with Crippen LogP contribution in [-0.4, -0.2) is 30.7 Å². The number of aromatic carboxylic acids is 1. The third-order valence-corrected chi connectivity index (χ3v) is 0.764. The molecule has 9 heavy (non-hydrogen) atoms. The average Bonchev–Trinajstić information content (AvgIpc) is 2.14. The molecular formula is C2H2N4O2S. The summed E-state index contributed by atoms with van der Waals surface area (Å²) in [6.07, 6.45) is 0. The Morgan fingerprint density at radius 2 is 2.44 bits per heavy atom. The third kappa shape index (κ3) is 1.17. The van der Waals surface area contributed by atoms with Crippen molar-refractivity contribution >= 4 is 18.8 Å². The maximum Gasteiger partial charge on any atom is 0.377 e. The molecular weight excluding hydrogens is 144 g/mol. The maximum absolute atomic E-state index is 10.0. The van der Waals surface area contributed by atoms with Gasteiger partial charge in [-0.15, -0.1) is 9.30 Å². The van der Waals surface area contributed by atoms with Crippen LogP contribution >= 0.6 is 12.8 Å². The lowest BCUT2D eigenvalue weighted by Gasteiger charge is -1.76. The highest BCUT2D eigenvalue weighted by molar-refractivity contribution is 7.78. The van der Waals surface area contributed by atoms with E-state index in [2.05, 4.69) is 28.2 Å². The number of aromatic nitrogens is 4. The first-order valence-corrected chi connectivity index (χ1v) is 2.32. The van der Waals surface area contributed by atoms with Gasteiger partial charge in [0.2, 0.25) is 0 Å². The molecule has 1 aromatic heterocycles. The topological polar surface area (TPSA) is 80.9 Å². The third-order valence-electron chi connectivity index (χ3n) is 0.595. The van der Waals surface area contributed by atoms with Crippen LogP contribution in [0.3, 0.4) is 0 Å². The highest BCUT2D eigenvalue weighted by Gasteiger charge is 2.07. The number of nitrogens with zero attached hydrogens (tertiary/aromatic N) is 4. The van der Waals surface area contributed by atoms with E-state index in [1.165, 1.54) is 0 Å². The molecule has 48 valence electrons. The van der Waals surface area contributed by atoms with Gasteiger partial charge < -0.3 is 5.11 Å². The zero-order valence-corrected chi connectivity index (χ0v) is 4.99. The molecule has 0 aromatic carbocycles. The van der Waals surface area contributed by atoms with Crippen LogP contribution in [0.25, 0.3) is 0 Å². The van der Waals surface area contributed by atoms with Crippen LogP contribution in [0.1, 0.15) is 10.6 Å². The number of carboxylic acid groups (broad SMARTS) is 1. The summed E-state index contributed by atoms with van der Waals surface area (Å²) in [5, 5.41) is 17.8. The molecule has 0 saturated heterocycles. The Morgan fingerprint density at radius 3 is 2.67 bits per heavy atom. The molecule has 1 heterocycles. The fourth-order valence-electron chi connectivity index (χ4n) is 0.293. The Hall–Kier alpha value is -1.11. The summed E-state index contributed by atoms with van der Waals surface area (Å²) in [4.78, 5) is 10.0. The summed E-state index contributed by atoms with van der Waals surface area (Å²) in [6.45, 7) is 0. The van der Waals surface area contributed by atoms with E-state index in [4.69, 9.17) is 5.11 Å². The lowest BCUT2D eigenvalue weighted by atomic mass is 10.7. The minimum atomic E-state index is -1.21. The molecule has 1 aromatic rings. The lowest BCUT2D eigenvalue weighted by Crippen LogP contribution is -1.99. The van der Waals surface area contributed by atoms with Gasteiger partial charge in [-0.2, -0.15) is 0 Å². The molecule has 0 fully saturated rings. The first-order chi connectivity index (χ1) is 4.20. The Balaban J connectivity index is 2.98. The van der Waals surface area contributed by atoms with Gasteiger partial charge in [0.15, 0.2) is 0 Å². The number of tetrazole rings is 1. The van der Waals surface area contributed by atoms with Gasteiger partial charge in [-0.05, 0) is 18.0 Å². The van der Waals surface area contributed by atoms with E-state index in [0.717, 1.165) is 4.20 Å². The van der Waals surface area contributed by atoms with Gasteiger partial charge in [0, 0.05) is 0 Å². The molecule has 6 nitrogen and oxygen atoms in total. The van der Waals surface area contributed by atoms with Gasteiger partial charge in [-0.25, -0.2) is 4.79 Å². The van der Waals surface area contributed by atoms with Gasteiger partial charge in [0.05, 0.1) is 0 Å². The molecule has 0 atom stereocenters. The van der Waals surface area contributed by atoms with Gasteiger partial charge in [-0.1, -0.05) is 5.10 Å². The zero-order valence-electron chi connectivity index (χ0n) is 4.09. The van der Waals surface area contributed by atoms with Crippen molar-refractivity contribution in [3.8, 4) is 0 Å². The number of carboxylic acids is 1. The molecule has 0 unspecified atom stereocenters. The van der Waals surface area contributed by atoms with Crippen molar-refractivity contribution in [2.75, 3.05) is 0 Å². The molecule has 1 rings (SSSR count). The average molecular weight is 146 g/mol. The Labute approximate surface area is 55.0 Å². The number of hydrogen-bond acceptors (Lipinski definition) is 5. The van der Waals surface area contributed by atoms with Gasteiger partial charge in [0.25, 0.3) is 5.82 Å².